The van der Waals surface area contributed by atoms with E-state index in [9.17, 15) is 24.2 Å². The molecule has 0 saturated heterocycles. The molecule has 0 aromatic heterocycles. The number of benzene rings is 6. The number of rotatable bonds is 26. The van der Waals surface area contributed by atoms with Crippen LogP contribution in [0.2, 0.25) is 0 Å². The maximum Gasteiger partial charge on any atom is 0.338 e. The number of carbonyl (C=O) groups is 2. The van der Waals surface area contributed by atoms with Gasteiger partial charge in [-0.1, -0.05) is 97.1 Å². The van der Waals surface area contributed by atoms with E-state index in [1.54, 1.807) is 19.9 Å². The summed E-state index contributed by atoms with van der Waals surface area (Å²) in [5, 5.41) is 31.9. The Kier molecular flexibility index (Phi) is 22.0. The van der Waals surface area contributed by atoms with Crippen molar-refractivity contribution in [3.05, 3.63) is 184 Å². The molecule has 2 aliphatic rings. The second-order valence-corrected chi connectivity index (χ2v) is 23.3. The summed E-state index contributed by atoms with van der Waals surface area (Å²) in [5.74, 6) is 0.0123. The molecule has 0 amide bonds. The summed E-state index contributed by atoms with van der Waals surface area (Å²) in [7, 11) is 4.04. The molecule has 12 heteroatoms. The minimum Gasteiger partial charge on any atom is -0.465 e. The Bertz CT molecular complexity index is 2860. The van der Waals surface area contributed by atoms with Crippen LogP contribution in [0.3, 0.4) is 0 Å². The lowest BCUT2D eigenvalue weighted by Gasteiger charge is -2.31. The van der Waals surface area contributed by atoms with Gasteiger partial charge < -0.3 is 35.6 Å². The minimum absolute atomic E-state index is 0.0233. The predicted molar refractivity (Wildman–Crippen MR) is 318 cm³/mol. The van der Waals surface area contributed by atoms with Crippen LogP contribution in [0, 0.1) is 17.7 Å². The molecular weight excluding hydrogens is 990 g/mol. The molecule has 8 rings (SSSR count). The first kappa shape index (κ1) is 60.4. The SMILES string of the molecule is CCOC(=O)CNc1ccc(-c2cccc(CN(C)C[C@H](O)CNC(C)(C)CC3Cc4ccccc4C3)c2)cc1.CCOC(=O)c1cc(F)cc(-c2cccc(CN(C)C[C@H](O)CNC(C)(C)CC3Cc4ccccc4C3)c2)c1. The summed E-state index contributed by atoms with van der Waals surface area (Å²) >= 11 is 0. The summed E-state index contributed by atoms with van der Waals surface area (Å²) in [6.45, 7) is 16.9. The number of ether oxygens (including phenoxy) is 2. The van der Waals surface area contributed by atoms with E-state index in [1.807, 2.05) is 43.4 Å². The highest BCUT2D eigenvalue weighted by Gasteiger charge is 2.30. The lowest BCUT2D eigenvalue weighted by Crippen LogP contribution is -2.47. The number of anilines is 1. The smallest absolute Gasteiger partial charge is 0.338 e. The van der Waals surface area contributed by atoms with Gasteiger partial charge in [0.1, 0.15) is 12.4 Å². The van der Waals surface area contributed by atoms with Crippen LogP contribution < -0.4 is 16.0 Å². The van der Waals surface area contributed by atoms with Gasteiger partial charge in [0.15, 0.2) is 0 Å². The molecule has 422 valence electrons. The van der Waals surface area contributed by atoms with E-state index >= 15 is 0 Å². The zero-order valence-corrected chi connectivity index (χ0v) is 48.0. The van der Waals surface area contributed by atoms with Gasteiger partial charge in [0.2, 0.25) is 0 Å². The lowest BCUT2D eigenvalue weighted by atomic mass is 9.88. The van der Waals surface area contributed by atoms with Gasteiger partial charge in [0, 0.05) is 56.0 Å². The van der Waals surface area contributed by atoms with Crippen LogP contribution in [0.5, 0.6) is 0 Å². The van der Waals surface area contributed by atoms with Crippen molar-refractivity contribution in [2.45, 2.75) is 116 Å². The molecule has 6 aromatic carbocycles. The summed E-state index contributed by atoms with van der Waals surface area (Å²) in [6, 6.07) is 46.2. The Balaban J connectivity index is 0.000000229. The number of nitrogens with zero attached hydrogens (tertiary/aromatic N) is 2. The lowest BCUT2D eigenvalue weighted by molar-refractivity contribution is -0.140. The fourth-order valence-corrected chi connectivity index (χ4v) is 11.5. The number of nitrogens with one attached hydrogen (secondary N) is 3. The summed E-state index contributed by atoms with van der Waals surface area (Å²) in [6.07, 6.45) is 5.78. The van der Waals surface area contributed by atoms with E-state index in [4.69, 9.17) is 9.47 Å². The number of carbonyl (C=O) groups excluding carboxylic acids is 2. The summed E-state index contributed by atoms with van der Waals surface area (Å²) in [5.41, 5.74) is 12.9. The van der Waals surface area contributed by atoms with Gasteiger partial charge in [-0.05, 0) is 204 Å². The summed E-state index contributed by atoms with van der Waals surface area (Å²) < 4.78 is 24.2. The molecule has 11 nitrogen and oxygen atoms in total. The highest BCUT2D eigenvalue weighted by atomic mass is 19.1. The van der Waals surface area contributed by atoms with E-state index in [0.717, 1.165) is 73.0 Å². The van der Waals surface area contributed by atoms with E-state index in [0.29, 0.717) is 56.7 Å². The minimum atomic E-state index is -0.534. The molecule has 0 radical (unpaired) electrons. The first-order valence-electron chi connectivity index (χ1n) is 28.3. The molecule has 0 bridgehead atoms. The number of hydrogen-bond acceptors (Lipinski definition) is 11. The second kappa shape index (κ2) is 28.8. The van der Waals surface area contributed by atoms with Crippen LogP contribution in [0.4, 0.5) is 10.1 Å². The number of halogens is 1. The van der Waals surface area contributed by atoms with Crippen LogP contribution in [-0.2, 0) is 53.0 Å². The van der Waals surface area contributed by atoms with Crippen molar-refractivity contribution < 1.29 is 33.7 Å². The molecule has 0 aliphatic heterocycles. The van der Waals surface area contributed by atoms with Crippen molar-refractivity contribution in [2.24, 2.45) is 11.8 Å². The molecule has 0 saturated carbocycles. The van der Waals surface area contributed by atoms with Gasteiger partial charge in [-0.25, -0.2) is 9.18 Å². The van der Waals surface area contributed by atoms with Crippen LogP contribution >= 0.6 is 0 Å². The van der Waals surface area contributed by atoms with E-state index in [1.165, 1.54) is 39.9 Å². The van der Waals surface area contributed by atoms with Crippen LogP contribution in [0.1, 0.15) is 98.1 Å². The third-order valence-electron chi connectivity index (χ3n) is 15.0. The maximum atomic E-state index is 14.3. The van der Waals surface area contributed by atoms with Crippen molar-refractivity contribution in [3.8, 4) is 22.3 Å². The standard InChI is InChI=1S/C34H45N3O3.C33H41FN2O3/c1-5-40-33(39)22-35-31-15-13-27(14-16-31)28-12-8-9-25(17-28)23-37(4)24-32(38)21-36-34(2,3)20-26-18-29-10-6-7-11-30(29)19-26;1-5-39-32(38)29-16-28(17-30(34)18-29)27-12-8-9-23(13-27)21-36(4)22-31(37)20-35-33(2,3)19-24-14-25-10-6-7-11-26(25)15-24/h6-17,26,32,35-36,38H,5,18-24H2,1-4H3;6-13,16-18,24,31,35,37H,5,14-15,19-22H2,1-4H3/t32-;31-/m11/s1. The molecule has 0 heterocycles. The molecule has 6 aromatic rings. The highest BCUT2D eigenvalue weighted by molar-refractivity contribution is 5.91. The quantitative estimate of drug-likeness (QED) is 0.0332. The topological polar surface area (TPSA) is 136 Å². The predicted octanol–water partition coefficient (Wildman–Crippen LogP) is 10.9. The van der Waals surface area contributed by atoms with Crippen LogP contribution in [-0.4, -0.2) is 115 Å². The van der Waals surface area contributed by atoms with Crippen LogP contribution in [0.25, 0.3) is 22.3 Å². The zero-order chi connectivity index (χ0) is 56.5. The Labute approximate surface area is 469 Å². The second-order valence-electron chi connectivity index (χ2n) is 23.3. The molecule has 0 fully saturated rings. The van der Waals surface area contributed by atoms with E-state index < -0.39 is 24.0 Å². The fraction of sp³-hybridized carbons (Fsp3) is 0.433. The number of β-amino-alcohol motifs (C(OH)–C–C–N with tert-alkyl or cyclic N) is 2. The van der Waals surface area contributed by atoms with Gasteiger partial charge in [-0.2, -0.15) is 0 Å². The molecule has 79 heavy (non-hydrogen) atoms. The molecule has 0 unspecified atom stereocenters. The van der Waals surface area contributed by atoms with Crippen LogP contribution in [0.15, 0.2) is 140 Å². The van der Waals surface area contributed by atoms with Gasteiger partial charge >= 0.3 is 11.9 Å². The number of aliphatic hydroxyl groups is 2. The molecular formula is C67H86FN5O6. The van der Waals surface area contributed by atoms with Gasteiger partial charge in [-0.15, -0.1) is 0 Å². The number of likely N-dealkylation sites (N-methyl/N-ethyl adjacent to an activating group) is 2. The van der Waals surface area contributed by atoms with Crippen molar-refractivity contribution in [2.75, 3.05) is 65.3 Å². The third-order valence-corrected chi connectivity index (χ3v) is 15.0. The third kappa shape index (κ3) is 19.2. The Morgan fingerprint density at radius 2 is 1.04 bits per heavy atom. The number of aliphatic hydroxyl groups excluding tert-OH is 2. The number of hydrogen-bond donors (Lipinski definition) is 5. The zero-order valence-electron chi connectivity index (χ0n) is 48.0. The summed E-state index contributed by atoms with van der Waals surface area (Å²) in [4.78, 5) is 27.9. The van der Waals surface area contributed by atoms with Crippen molar-refractivity contribution in [3.63, 3.8) is 0 Å². The van der Waals surface area contributed by atoms with Crippen molar-refractivity contribution in [1.82, 2.24) is 20.4 Å². The molecule has 5 N–H and O–H groups in total. The Morgan fingerprint density at radius 1 is 0.582 bits per heavy atom. The molecule has 2 aliphatic carbocycles. The maximum absolute atomic E-state index is 14.3. The largest absolute Gasteiger partial charge is 0.465 e. The van der Waals surface area contributed by atoms with E-state index in [2.05, 4.69) is 145 Å². The molecule has 0 spiro atoms. The molecule has 2 atom stereocenters. The van der Waals surface area contributed by atoms with Gasteiger partial charge in [0.25, 0.3) is 0 Å². The first-order chi connectivity index (χ1) is 37.8. The normalized spacial score (nSPS) is 14.3. The first-order valence-corrected chi connectivity index (χ1v) is 28.3. The Hall–Kier alpha value is -6.25. The number of esters is 2. The fourth-order valence-electron chi connectivity index (χ4n) is 11.5. The Morgan fingerprint density at radius 3 is 1.49 bits per heavy atom. The van der Waals surface area contributed by atoms with Gasteiger partial charge in [-0.3, -0.25) is 14.6 Å². The number of fused-ring (bicyclic) bond motifs is 2. The highest BCUT2D eigenvalue weighted by Crippen LogP contribution is 2.34. The van der Waals surface area contributed by atoms with E-state index in [-0.39, 0.29) is 35.8 Å². The van der Waals surface area contributed by atoms with Crippen molar-refractivity contribution >= 4 is 17.6 Å². The average molecular weight is 1080 g/mol. The van der Waals surface area contributed by atoms with Gasteiger partial charge in [0.05, 0.1) is 31.0 Å². The van der Waals surface area contributed by atoms with Crippen molar-refractivity contribution in [1.29, 1.82) is 0 Å². The average Bonchev–Trinajstić information content (AvgIpc) is 4.04. The monoisotopic (exact) mass is 1080 g/mol.